The first kappa shape index (κ1) is 8.78. The minimum atomic E-state index is -0.125. The number of alkyl halides is 1. The first-order valence-electron chi connectivity index (χ1n) is 3.76. The molecule has 1 aliphatic rings. The summed E-state index contributed by atoms with van der Waals surface area (Å²) < 4.78 is 4.75. The zero-order valence-electron chi connectivity index (χ0n) is 6.31. The third-order valence-electron chi connectivity index (χ3n) is 1.64. The van der Waals surface area contributed by atoms with Crippen LogP contribution in [0.2, 0.25) is 0 Å². The van der Waals surface area contributed by atoms with Crippen LogP contribution in [0.1, 0.15) is 19.3 Å². The molecule has 2 nitrogen and oxygen atoms in total. The molecule has 0 radical (unpaired) electrons. The Morgan fingerprint density at radius 2 is 2.36 bits per heavy atom. The van der Waals surface area contributed by atoms with Gasteiger partial charge in [0, 0.05) is 10.9 Å². The van der Waals surface area contributed by atoms with E-state index in [2.05, 4.69) is 15.9 Å². The SMILES string of the molecule is O=C1OCC=C1CCCCBr. The van der Waals surface area contributed by atoms with Gasteiger partial charge in [-0.25, -0.2) is 4.79 Å². The van der Waals surface area contributed by atoms with E-state index in [1.165, 1.54) is 0 Å². The number of esters is 1. The van der Waals surface area contributed by atoms with E-state index < -0.39 is 0 Å². The molecule has 0 aromatic rings. The second kappa shape index (κ2) is 4.54. The molecule has 0 atom stereocenters. The first-order chi connectivity index (χ1) is 5.34. The van der Waals surface area contributed by atoms with Gasteiger partial charge in [0.1, 0.15) is 6.61 Å². The van der Waals surface area contributed by atoms with Gasteiger partial charge in [-0.05, 0) is 25.3 Å². The number of hydrogen-bond acceptors (Lipinski definition) is 2. The van der Waals surface area contributed by atoms with E-state index in [-0.39, 0.29) is 5.97 Å². The monoisotopic (exact) mass is 218 g/mol. The van der Waals surface area contributed by atoms with Crippen molar-refractivity contribution < 1.29 is 9.53 Å². The molecule has 0 bridgehead atoms. The zero-order valence-corrected chi connectivity index (χ0v) is 7.89. The van der Waals surface area contributed by atoms with Gasteiger partial charge in [-0.2, -0.15) is 0 Å². The van der Waals surface area contributed by atoms with Crippen LogP contribution >= 0.6 is 15.9 Å². The van der Waals surface area contributed by atoms with Crippen LogP contribution in [0.25, 0.3) is 0 Å². The number of ether oxygens (including phenoxy) is 1. The van der Waals surface area contributed by atoms with Gasteiger partial charge in [0.15, 0.2) is 0 Å². The molecule has 0 aliphatic carbocycles. The summed E-state index contributed by atoms with van der Waals surface area (Å²) in [5.41, 5.74) is 0.853. The summed E-state index contributed by atoms with van der Waals surface area (Å²) in [5, 5.41) is 1.01. The Kier molecular flexibility index (Phi) is 3.63. The second-order valence-corrected chi connectivity index (χ2v) is 3.27. The quantitative estimate of drug-likeness (QED) is 0.410. The topological polar surface area (TPSA) is 26.3 Å². The van der Waals surface area contributed by atoms with Crippen LogP contribution in [0.4, 0.5) is 0 Å². The molecular weight excluding hydrogens is 208 g/mol. The van der Waals surface area contributed by atoms with Crippen molar-refractivity contribution in [3.05, 3.63) is 11.6 Å². The first-order valence-corrected chi connectivity index (χ1v) is 4.89. The number of rotatable bonds is 4. The van der Waals surface area contributed by atoms with Gasteiger partial charge in [0.05, 0.1) is 0 Å². The number of carbonyl (C=O) groups excluding carboxylic acids is 1. The number of hydrogen-bond donors (Lipinski definition) is 0. The van der Waals surface area contributed by atoms with Crippen LogP contribution in [0.5, 0.6) is 0 Å². The van der Waals surface area contributed by atoms with Crippen LogP contribution < -0.4 is 0 Å². The highest BCUT2D eigenvalue weighted by atomic mass is 79.9. The summed E-state index contributed by atoms with van der Waals surface area (Å²) in [6.07, 6.45) is 4.91. The van der Waals surface area contributed by atoms with Gasteiger partial charge < -0.3 is 4.74 Å². The number of unbranched alkanes of at least 4 members (excludes halogenated alkanes) is 1. The van der Waals surface area contributed by atoms with Crippen molar-refractivity contribution in [3.8, 4) is 0 Å². The molecule has 0 N–H and O–H groups in total. The van der Waals surface area contributed by atoms with Gasteiger partial charge in [0.2, 0.25) is 0 Å². The van der Waals surface area contributed by atoms with E-state index in [0.717, 1.165) is 30.2 Å². The molecule has 0 fully saturated rings. The van der Waals surface area contributed by atoms with Gasteiger partial charge in [0.25, 0.3) is 0 Å². The van der Waals surface area contributed by atoms with Crippen molar-refractivity contribution in [1.82, 2.24) is 0 Å². The Hall–Kier alpha value is -0.310. The van der Waals surface area contributed by atoms with Crippen molar-refractivity contribution in [3.63, 3.8) is 0 Å². The molecule has 0 aromatic heterocycles. The van der Waals surface area contributed by atoms with Crippen LogP contribution in [-0.2, 0) is 9.53 Å². The lowest BCUT2D eigenvalue weighted by Gasteiger charge is -1.96. The standard InChI is InChI=1S/C8H11BrO2/c9-5-2-1-3-7-4-6-11-8(7)10/h4H,1-3,5-6H2. The van der Waals surface area contributed by atoms with E-state index in [1.807, 2.05) is 6.08 Å². The van der Waals surface area contributed by atoms with Crippen LogP contribution in [0, 0.1) is 0 Å². The molecule has 0 aromatic carbocycles. The fraction of sp³-hybridized carbons (Fsp3) is 0.625. The molecule has 0 unspecified atom stereocenters. The maximum absolute atomic E-state index is 10.9. The molecule has 11 heavy (non-hydrogen) atoms. The van der Waals surface area contributed by atoms with Crippen LogP contribution in [0.15, 0.2) is 11.6 Å². The molecule has 0 saturated carbocycles. The van der Waals surface area contributed by atoms with Crippen molar-refractivity contribution >= 4 is 21.9 Å². The highest BCUT2D eigenvalue weighted by molar-refractivity contribution is 9.09. The Bertz CT molecular complexity index is 175. The highest BCUT2D eigenvalue weighted by Gasteiger charge is 2.14. The third kappa shape index (κ3) is 2.66. The van der Waals surface area contributed by atoms with E-state index in [1.54, 1.807) is 0 Å². The number of halogens is 1. The molecule has 62 valence electrons. The molecule has 1 rings (SSSR count). The van der Waals surface area contributed by atoms with Crippen molar-refractivity contribution in [2.75, 3.05) is 11.9 Å². The van der Waals surface area contributed by atoms with E-state index in [0.29, 0.717) is 6.61 Å². The minimum Gasteiger partial charge on any atom is -0.458 e. The van der Waals surface area contributed by atoms with Crippen molar-refractivity contribution in [2.45, 2.75) is 19.3 Å². The van der Waals surface area contributed by atoms with E-state index in [4.69, 9.17) is 4.74 Å². The maximum Gasteiger partial charge on any atom is 0.334 e. The fourth-order valence-corrected chi connectivity index (χ4v) is 1.40. The lowest BCUT2D eigenvalue weighted by atomic mass is 10.1. The lowest BCUT2D eigenvalue weighted by Crippen LogP contribution is -1.99. The normalized spacial score (nSPS) is 16.5. The minimum absolute atomic E-state index is 0.125. The third-order valence-corrected chi connectivity index (χ3v) is 2.20. The van der Waals surface area contributed by atoms with Gasteiger partial charge >= 0.3 is 5.97 Å². The Morgan fingerprint density at radius 1 is 1.55 bits per heavy atom. The van der Waals surface area contributed by atoms with Crippen molar-refractivity contribution in [1.29, 1.82) is 0 Å². The molecular formula is C8H11BrO2. The van der Waals surface area contributed by atoms with Crippen molar-refractivity contribution in [2.24, 2.45) is 0 Å². The zero-order chi connectivity index (χ0) is 8.10. The number of cyclic esters (lactones) is 1. The Morgan fingerprint density at radius 3 is 2.91 bits per heavy atom. The van der Waals surface area contributed by atoms with E-state index in [9.17, 15) is 4.79 Å². The summed E-state index contributed by atoms with van der Waals surface area (Å²) in [5.74, 6) is -0.125. The number of carbonyl (C=O) groups is 1. The Balaban J connectivity index is 2.20. The summed E-state index contributed by atoms with van der Waals surface area (Å²) >= 11 is 3.34. The summed E-state index contributed by atoms with van der Waals surface area (Å²) in [6.45, 7) is 0.475. The van der Waals surface area contributed by atoms with Gasteiger partial charge in [-0.3, -0.25) is 0 Å². The fourth-order valence-electron chi connectivity index (χ4n) is 1.01. The maximum atomic E-state index is 10.9. The highest BCUT2D eigenvalue weighted by Crippen LogP contribution is 2.14. The summed E-state index contributed by atoms with van der Waals surface area (Å²) in [4.78, 5) is 10.9. The molecule has 1 heterocycles. The predicted octanol–water partition coefficient (Wildman–Crippen LogP) is 2.03. The van der Waals surface area contributed by atoms with E-state index >= 15 is 0 Å². The predicted molar refractivity (Wildman–Crippen MR) is 46.7 cm³/mol. The average Bonchev–Trinajstić information content (AvgIpc) is 2.37. The lowest BCUT2D eigenvalue weighted by molar-refractivity contribution is -0.136. The van der Waals surface area contributed by atoms with Gasteiger partial charge in [-0.1, -0.05) is 15.9 Å². The molecule has 1 aliphatic heterocycles. The smallest absolute Gasteiger partial charge is 0.334 e. The molecule has 0 saturated heterocycles. The van der Waals surface area contributed by atoms with Crippen LogP contribution in [-0.4, -0.2) is 17.9 Å². The van der Waals surface area contributed by atoms with Gasteiger partial charge in [-0.15, -0.1) is 0 Å². The summed E-state index contributed by atoms with van der Waals surface area (Å²) in [7, 11) is 0. The second-order valence-electron chi connectivity index (χ2n) is 2.47. The average molecular weight is 219 g/mol. The molecule has 3 heteroatoms. The van der Waals surface area contributed by atoms with Crippen LogP contribution in [0.3, 0.4) is 0 Å². The Labute approximate surface area is 74.7 Å². The largest absolute Gasteiger partial charge is 0.458 e. The molecule has 0 spiro atoms. The molecule has 0 amide bonds. The summed E-state index contributed by atoms with van der Waals surface area (Å²) in [6, 6.07) is 0.